The second-order valence-electron chi connectivity index (χ2n) is 15.3. The summed E-state index contributed by atoms with van der Waals surface area (Å²) in [6, 6.07) is 1.27. The lowest BCUT2D eigenvalue weighted by Gasteiger charge is -2.52. The topological polar surface area (TPSA) is 81.2 Å². The predicted molar refractivity (Wildman–Crippen MR) is 166 cm³/mol. The minimum absolute atomic E-state index is 0. The summed E-state index contributed by atoms with van der Waals surface area (Å²) in [7, 11) is 2.29. The number of hydrogen-bond acceptors (Lipinski definition) is 8. The molecule has 0 amide bonds. The van der Waals surface area contributed by atoms with Gasteiger partial charge >= 0.3 is 0 Å². The molecular weight excluding hydrogens is 484 g/mol. The molecule has 2 saturated heterocycles. The monoisotopic (exact) mass is 544 g/mol. The van der Waals surface area contributed by atoms with Gasteiger partial charge in [-0.25, -0.2) is 0 Å². The second-order valence-corrected chi connectivity index (χ2v) is 15.3. The van der Waals surface area contributed by atoms with Crippen LogP contribution in [0.25, 0.3) is 0 Å². The van der Waals surface area contributed by atoms with E-state index >= 15 is 0 Å². The van der Waals surface area contributed by atoms with Crippen molar-refractivity contribution in [2.24, 2.45) is 0 Å². The van der Waals surface area contributed by atoms with E-state index in [1.165, 1.54) is 32.1 Å². The fraction of sp³-hybridized carbons (Fsp3) is 0.903. The lowest BCUT2D eigenvalue weighted by atomic mass is 9.78. The normalized spacial score (nSPS) is 25.2. The van der Waals surface area contributed by atoms with Gasteiger partial charge in [-0.1, -0.05) is 26.7 Å². The first-order chi connectivity index (χ1) is 17.5. The zero-order chi connectivity index (χ0) is 27.9. The Hall–Kier alpha value is -1.51. The molecule has 0 spiro atoms. The fourth-order valence-electron chi connectivity index (χ4n) is 7.86. The average Bonchev–Trinajstić information content (AvgIpc) is 2.73. The number of anilines is 2. The average molecular weight is 545 g/mol. The molecule has 2 aliphatic heterocycles. The van der Waals surface area contributed by atoms with Gasteiger partial charge < -0.3 is 20.9 Å². The van der Waals surface area contributed by atoms with Gasteiger partial charge in [0.05, 0.1) is 6.67 Å². The Kier molecular flexibility index (Phi) is 9.66. The molecule has 8 heteroatoms. The smallest absolute Gasteiger partial charge is 0.231 e. The van der Waals surface area contributed by atoms with Crippen LogP contribution in [-0.2, 0) is 0 Å². The highest BCUT2D eigenvalue weighted by atomic mass is 15.4. The molecule has 3 fully saturated rings. The fourth-order valence-corrected chi connectivity index (χ4v) is 7.86. The van der Waals surface area contributed by atoms with Gasteiger partial charge in [0.2, 0.25) is 11.9 Å². The van der Waals surface area contributed by atoms with E-state index < -0.39 is 0 Å². The highest BCUT2D eigenvalue weighted by Crippen LogP contribution is 2.35. The van der Waals surface area contributed by atoms with Gasteiger partial charge in [-0.3, -0.25) is 4.90 Å². The van der Waals surface area contributed by atoms with E-state index in [4.69, 9.17) is 15.0 Å². The highest BCUT2D eigenvalue weighted by molar-refractivity contribution is 5.39. The molecule has 0 atom stereocenters. The first kappa shape index (κ1) is 32.0. The second kappa shape index (κ2) is 11.8. The van der Waals surface area contributed by atoms with Crippen molar-refractivity contribution < 1.29 is 0 Å². The van der Waals surface area contributed by atoms with Crippen LogP contribution in [0.15, 0.2) is 0 Å². The van der Waals surface area contributed by atoms with Gasteiger partial charge in [0, 0.05) is 40.3 Å². The number of nitrogens with one attached hydrogen (secondary N) is 3. The zero-order valence-corrected chi connectivity index (χ0v) is 26.0. The SMILES string of the molecule is C.Cc1nc(NC2CCCCC2)nc(N(CN(C)C2CC(C)(C)NC(C)(C)C2)C2CC(C)(C)NC(C)(C)C2)n1. The summed E-state index contributed by atoms with van der Waals surface area (Å²) in [6.45, 7) is 21.5. The maximum Gasteiger partial charge on any atom is 0.231 e. The summed E-state index contributed by atoms with van der Waals surface area (Å²) in [4.78, 5) is 19.8. The summed E-state index contributed by atoms with van der Waals surface area (Å²) >= 11 is 0. The summed E-state index contributed by atoms with van der Waals surface area (Å²) in [5.74, 6) is 2.34. The van der Waals surface area contributed by atoms with Crippen LogP contribution in [0.5, 0.6) is 0 Å². The Bertz CT molecular complexity index is 918. The maximum atomic E-state index is 5.09. The Balaban J connectivity index is 0.00000420. The largest absolute Gasteiger partial charge is 0.351 e. The quantitative estimate of drug-likeness (QED) is 0.368. The molecule has 1 saturated carbocycles. The third kappa shape index (κ3) is 8.74. The van der Waals surface area contributed by atoms with Crippen molar-refractivity contribution in [2.75, 3.05) is 23.9 Å². The Morgan fingerprint density at radius 3 is 1.74 bits per heavy atom. The summed E-state index contributed by atoms with van der Waals surface area (Å²) in [5, 5.41) is 11.4. The number of hydrogen-bond donors (Lipinski definition) is 3. The van der Waals surface area contributed by atoms with Crippen LogP contribution >= 0.6 is 0 Å². The van der Waals surface area contributed by atoms with Gasteiger partial charge in [0.15, 0.2) is 0 Å². The van der Waals surface area contributed by atoms with Crippen LogP contribution in [0.3, 0.4) is 0 Å². The molecule has 39 heavy (non-hydrogen) atoms. The first-order valence-corrected chi connectivity index (χ1v) is 15.1. The zero-order valence-electron chi connectivity index (χ0n) is 26.0. The molecule has 224 valence electrons. The van der Waals surface area contributed by atoms with E-state index in [9.17, 15) is 0 Å². The third-order valence-electron chi connectivity index (χ3n) is 8.71. The van der Waals surface area contributed by atoms with E-state index in [-0.39, 0.29) is 29.6 Å². The summed E-state index contributed by atoms with van der Waals surface area (Å²) in [6.07, 6.45) is 10.6. The van der Waals surface area contributed by atoms with Crippen LogP contribution in [0, 0.1) is 6.92 Å². The molecule has 0 bridgehead atoms. The van der Waals surface area contributed by atoms with E-state index in [1.54, 1.807) is 0 Å². The van der Waals surface area contributed by atoms with Crippen LogP contribution in [0.4, 0.5) is 11.9 Å². The Morgan fingerprint density at radius 1 is 0.744 bits per heavy atom. The Labute approximate surface area is 239 Å². The van der Waals surface area contributed by atoms with E-state index in [0.29, 0.717) is 18.1 Å². The van der Waals surface area contributed by atoms with Crippen molar-refractivity contribution >= 4 is 11.9 Å². The highest BCUT2D eigenvalue weighted by Gasteiger charge is 2.43. The van der Waals surface area contributed by atoms with Crippen LogP contribution in [-0.4, -0.2) is 73.8 Å². The molecule has 1 aromatic rings. The minimum Gasteiger partial charge on any atom is -0.351 e. The van der Waals surface area contributed by atoms with E-state index in [0.717, 1.165) is 50.1 Å². The van der Waals surface area contributed by atoms with E-state index in [2.05, 4.69) is 88.2 Å². The molecule has 4 rings (SSSR count). The van der Waals surface area contributed by atoms with Gasteiger partial charge in [-0.2, -0.15) is 15.0 Å². The van der Waals surface area contributed by atoms with Gasteiger partial charge in [0.1, 0.15) is 5.82 Å². The molecule has 3 N–H and O–H groups in total. The van der Waals surface area contributed by atoms with Crippen LogP contribution < -0.4 is 20.9 Å². The number of nitrogens with zero attached hydrogens (tertiary/aromatic N) is 5. The number of rotatable bonds is 7. The predicted octanol–water partition coefficient (Wildman–Crippen LogP) is 5.87. The van der Waals surface area contributed by atoms with Crippen molar-refractivity contribution in [3.05, 3.63) is 5.82 Å². The van der Waals surface area contributed by atoms with Crippen LogP contribution in [0.1, 0.15) is 126 Å². The number of aromatic nitrogens is 3. The third-order valence-corrected chi connectivity index (χ3v) is 8.71. The van der Waals surface area contributed by atoms with Crippen molar-refractivity contribution in [3.63, 3.8) is 0 Å². The lowest BCUT2D eigenvalue weighted by Crippen LogP contribution is -2.65. The molecule has 0 aromatic carbocycles. The van der Waals surface area contributed by atoms with Crippen molar-refractivity contribution in [2.45, 2.75) is 168 Å². The molecule has 1 aliphatic carbocycles. The molecular formula is C31H60N8. The molecule has 8 nitrogen and oxygen atoms in total. The minimum atomic E-state index is 0. The molecule has 3 aliphatic rings. The molecule has 1 aromatic heterocycles. The summed E-state index contributed by atoms with van der Waals surface area (Å²) in [5.41, 5.74) is 0.274. The Morgan fingerprint density at radius 2 is 1.23 bits per heavy atom. The van der Waals surface area contributed by atoms with Gasteiger partial charge in [-0.15, -0.1) is 0 Å². The first-order valence-electron chi connectivity index (χ1n) is 15.1. The molecule has 0 radical (unpaired) electrons. The molecule has 3 heterocycles. The van der Waals surface area contributed by atoms with Crippen molar-refractivity contribution in [1.29, 1.82) is 0 Å². The number of piperidine rings is 2. The van der Waals surface area contributed by atoms with Gasteiger partial charge in [0.25, 0.3) is 0 Å². The van der Waals surface area contributed by atoms with Gasteiger partial charge in [-0.05, 0) is 108 Å². The summed E-state index contributed by atoms with van der Waals surface area (Å²) < 4.78 is 0. The lowest BCUT2D eigenvalue weighted by molar-refractivity contribution is 0.0757. The standard InChI is InChI=1S/C30H56N8.CH4/c1-21-31-25(33-22-14-12-11-13-15-22)34-26(32-21)38(24-18-29(6,7)36-30(8,9)19-24)20-37(10)23-16-27(2,3)35-28(4,5)17-23;/h22-24,35-36H,11-20H2,1-10H3,(H,31,32,33,34);1H4. The maximum absolute atomic E-state index is 5.09. The van der Waals surface area contributed by atoms with E-state index in [1.807, 2.05) is 6.92 Å². The van der Waals surface area contributed by atoms with Crippen LogP contribution in [0.2, 0.25) is 0 Å². The van der Waals surface area contributed by atoms with Crippen molar-refractivity contribution in [1.82, 2.24) is 30.5 Å². The molecule has 0 unspecified atom stereocenters. The van der Waals surface area contributed by atoms with Crippen molar-refractivity contribution in [3.8, 4) is 0 Å². The number of aryl methyl sites for hydroxylation is 1.